The van der Waals surface area contributed by atoms with Crippen molar-refractivity contribution in [1.82, 2.24) is 14.8 Å². The van der Waals surface area contributed by atoms with Gasteiger partial charge in [0.15, 0.2) is 6.61 Å². The van der Waals surface area contributed by atoms with E-state index in [1.165, 1.54) is 0 Å². The van der Waals surface area contributed by atoms with Crippen LogP contribution in [0.25, 0.3) is 0 Å². The van der Waals surface area contributed by atoms with E-state index in [0.717, 1.165) is 17.8 Å². The number of nitrogens with zero attached hydrogens (tertiary/aromatic N) is 3. The lowest BCUT2D eigenvalue weighted by atomic mass is 10.1. The molecule has 6 nitrogen and oxygen atoms in total. The molecule has 0 aromatic carbocycles. The van der Waals surface area contributed by atoms with E-state index in [4.69, 9.17) is 4.74 Å². The van der Waals surface area contributed by atoms with Crippen LogP contribution in [-0.2, 0) is 11.2 Å². The molecule has 2 heterocycles. The molecule has 0 unspecified atom stereocenters. The Morgan fingerprint density at radius 1 is 1.29 bits per heavy atom. The number of aromatic nitrogens is 3. The zero-order chi connectivity index (χ0) is 17.7. The summed E-state index contributed by atoms with van der Waals surface area (Å²) in [5.41, 5.74) is 1.80. The van der Waals surface area contributed by atoms with Gasteiger partial charge in [0.1, 0.15) is 11.6 Å². The fourth-order valence-corrected chi connectivity index (χ4v) is 2.32. The number of hydrogen-bond donors (Lipinski definition) is 1. The summed E-state index contributed by atoms with van der Waals surface area (Å²) >= 11 is 0. The summed E-state index contributed by atoms with van der Waals surface area (Å²) in [5.74, 6) is 1.54. The molecule has 24 heavy (non-hydrogen) atoms. The van der Waals surface area contributed by atoms with Gasteiger partial charge in [-0.15, -0.1) is 0 Å². The van der Waals surface area contributed by atoms with Crippen LogP contribution in [0.3, 0.4) is 0 Å². The third-order valence-corrected chi connectivity index (χ3v) is 4.05. The van der Waals surface area contributed by atoms with Crippen molar-refractivity contribution >= 4 is 11.7 Å². The lowest BCUT2D eigenvalue weighted by Gasteiger charge is -2.19. The molecule has 2 aromatic heterocycles. The topological polar surface area (TPSA) is 69.0 Å². The van der Waals surface area contributed by atoms with Gasteiger partial charge in [0.05, 0.1) is 17.9 Å². The highest BCUT2D eigenvalue weighted by Gasteiger charge is 2.16. The number of rotatable bonds is 7. The Bertz CT molecular complexity index is 694. The predicted octanol–water partition coefficient (Wildman–Crippen LogP) is 3.38. The van der Waals surface area contributed by atoms with Crippen molar-refractivity contribution in [3.63, 3.8) is 0 Å². The summed E-state index contributed by atoms with van der Waals surface area (Å²) in [4.78, 5) is 16.6. The lowest BCUT2D eigenvalue weighted by Crippen LogP contribution is -2.24. The number of pyridine rings is 1. The Hall–Kier alpha value is -2.37. The minimum Gasteiger partial charge on any atom is -0.482 e. The van der Waals surface area contributed by atoms with Crippen molar-refractivity contribution in [2.24, 2.45) is 5.92 Å². The number of carbonyl (C=O) groups excluding carboxylic acids is 1. The Labute approximate surface area is 143 Å². The van der Waals surface area contributed by atoms with Crippen LogP contribution in [0.2, 0.25) is 0 Å². The molecule has 0 saturated carbocycles. The first kappa shape index (κ1) is 18.0. The minimum atomic E-state index is -0.213. The fraction of sp³-hybridized carbons (Fsp3) is 0.500. The van der Waals surface area contributed by atoms with E-state index < -0.39 is 0 Å². The predicted molar refractivity (Wildman–Crippen MR) is 94.3 cm³/mol. The smallest absolute Gasteiger partial charge is 0.263 e. The number of hydrogen-bond acceptors (Lipinski definition) is 4. The monoisotopic (exact) mass is 330 g/mol. The van der Waals surface area contributed by atoms with Gasteiger partial charge in [0.2, 0.25) is 0 Å². The highest BCUT2D eigenvalue weighted by atomic mass is 16.5. The molecular weight excluding hydrogens is 304 g/mol. The molecule has 1 N–H and O–H groups in total. The molecule has 2 rings (SSSR count). The second-order valence-electron chi connectivity index (χ2n) is 6.23. The minimum absolute atomic E-state index is 0.0566. The van der Waals surface area contributed by atoms with E-state index >= 15 is 0 Å². The van der Waals surface area contributed by atoms with Crippen LogP contribution in [-0.4, -0.2) is 27.3 Å². The highest BCUT2D eigenvalue weighted by Crippen LogP contribution is 2.21. The first-order valence-corrected chi connectivity index (χ1v) is 8.35. The van der Waals surface area contributed by atoms with Crippen LogP contribution in [0, 0.1) is 12.8 Å². The molecule has 0 saturated heterocycles. The van der Waals surface area contributed by atoms with Crippen molar-refractivity contribution in [2.45, 2.75) is 47.1 Å². The first-order chi connectivity index (χ1) is 11.4. The SMILES string of the molecule is CCc1nc(C)ccc1OCC(=O)Nc1ccnn1[C@@H](C)C(C)C. The lowest BCUT2D eigenvalue weighted by molar-refractivity contribution is -0.118. The third-order valence-electron chi connectivity index (χ3n) is 4.05. The van der Waals surface area contributed by atoms with Crippen molar-refractivity contribution < 1.29 is 9.53 Å². The summed E-state index contributed by atoms with van der Waals surface area (Å²) in [6.45, 7) is 10.2. The Morgan fingerprint density at radius 2 is 2.04 bits per heavy atom. The Morgan fingerprint density at radius 3 is 2.71 bits per heavy atom. The van der Waals surface area contributed by atoms with Crippen molar-refractivity contribution in [3.05, 3.63) is 35.8 Å². The summed E-state index contributed by atoms with van der Waals surface area (Å²) < 4.78 is 7.46. The highest BCUT2D eigenvalue weighted by molar-refractivity contribution is 5.91. The molecule has 0 aliphatic heterocycles. The molecule has 2 aromatic rings. The molecular formula is C18H26N4O2. The fourth-order valence-electron chi connectivity index (χ4n) is 2.32. The number of carbonyl (C=O) groups is 1. The van der Waals surface area contributed by atoms with E-state index in [-0.39, 0.29) is 18.6 Å². The molecule has 6 heteroatoms. The number of anilines is 1. The van der Waals surface area contributed by atoms with E-state index in [0.29, 0.717) is 17.5 Å². The van der Waals surface area contributed by atoms with Gasteiger partial charge in [-0.3, -0.25) is 9.78 Å². The summed E-state index contributed by atoms with van der Waals surface area (Å²) in [5, 5.41) is 7.16. The molecule has 0 aliphatic rings. The van der Waals surface area contributed by atoms with Gasteiger partial charge in [-0.05, 0) is 38.3 Å². The Kier molecular flexibility index (Phi) is 5.95. The normalized spacial score (nSPS) is 12.2. The van der Waals surface area contributed by atoms with Gasteiger partial charge in [-0.2, -0.15) is 5.10 Å². The van der Waals surface area contributed by atoms with Gasteiger partial charge in [0.25, 0.3) is 5.91 Å². The van der Waals surface area contributed by atoms with Crippen LogP contribution < -0.4 is 10.1 Å². The van der Waals surface area contributed by atoms with Crippen molar-refractivity contribution in [1.29, 1.82) is 0 Å². The van der Waals surface area contributed by atoms with E-state index in [2.05, 4.69) is 36.2 Å². The maximum absolute atomic E-state index is 12.2. The van der Waals surface area contributed by atoms with E-state index in [1.807, 2.05) is 30.7 Å². The average molecular weight is 330 g/mol. The van der Waals surface area contributed by atoms with Gasteiger partial charge >= 0.3 is 0 Å². The summed E-state index contributed by atoms with van der Waals surface area (Å²) in [6, 6.07) is 5.73. The Balaban J connectivity index is 1.99. The average Bonchev–Trinajstić information content (AvgIpc) is 3.00. The maximum atomic E-state index is 12.2. The summed E-state index contributed by atoms with van der Waals surface area (Å²) in [6.07, 6.45) is 2.45. The molecule has 0 aliphatic carbocycles. The molecule has 0 bridgehead atoms. The molecule has 1 amide bonds. The van der Waals surface area contributed by atoms with Gasteiger partial charge in [-0.25, -0.2) is 4.68 Å². The van der Waals surface area contributed by atoms with Crippen molar-refractivity contribution in [3.8, 4) is 5.75 Å². The van der Waals surface area contributed by atoms with Crippen LogP contribution in [0.1, 0.15) is 45.1 Å². The van der Waals surface area contributed by atoms with Crippen molar-refractivity contribution in [2.75, 3.05) is 11.9 Å². The largest absolute Gasteiger partial charge is 0.482 e. The zero-order valence-corrected chi connectivity index (χ0v) is 15.0. The second-order valence-corrected chi connectivity index (χ2v) is 6.23. The van der Waals surface area contributed by atoms with Crippen LogP contribution in [0.15, 0.2) is 24.4 Å². The quantitative estimate of drug-likeness (QED) is 0.845. The summed E-state index contributed by atoms with van der Waals surface area (Å²) in [7, 11) is 0. The molecule has 130 valence electrons. The second kappa shape index (κ2) is 7.95. The van der Waals surface area contributed by atoms with Gasteiger partial charge in [0, 0.05) is 11.8 Å². The molecule has 0 fully saturated rings. The number of nitrogens with one attached hydrogen (secondary N) is 1. The number of amides is 1. The van der Waals surface area contributed by atoms with Gasteiger partial charge < -0.3 is 10.1 Å². The maximum Gasteiger partial charge on any atom is 0.263 e. The standard InChI is InChI=1S/C18H26N4O2/c1-6-15-16(8-7-13(4)20-15)24-11-18(23)21-17-9-10-19-22(17)14(5)12(2)3/h7-10,12,14H,6,11H2,1-5H3,(H,21,23)/t14-/m0/s1. The third kappa shape index (κ3) is 4.34. The number of aryl methyl sites for hydroxylation is 2. The van der Waals surface area contributed by atoms with E-state index in [9.17, 15) is 4.79 Å². The van der Waals surface area contributed by atoms with Crippen LogP contribution >= 0.6 is 0 Å². The molecule has 0 spiro atoms. The van der Waals surface area contributed by atoms with Crippen LogP contribution in [0.5, 0.6) is 5.75 Å². The van der Waals surface area contributed by atoms with Gasteiger partial charge in [-0.1, -0.05) is 20.8 Å². The first-order valence-electron chi connectivity index (χ1n) is 8.35. The molecule has 1 atom stereocenters. The van der Waals surface area contributed by atoms with Crippen LogP contribution in [0.4, 0.5) is 5.82 Å². The zero-order valence-electron chi connectivity index (χ0n) is 15.0. The number of ether oxygens (including phenoxy) is 1. The van der Waals surface area contributed by atoms with E-state index in [1.54, 1.807) is 12.3 Å². The molecule has 0 radical (unpaired) electrons.